The van der Waals surface area contributed by atoms with Crippen molar-refractivity contribution in [2.45, 2.75) is 12.8 Å². The summed E-state index contributed by atoms with van der Waals surface area (Å²) in [5.74, 6) is 0.971. The molecule has 0 fully saturated rings. The highest BCUT2D eigenvalue weighted by Gasteiger charge is 2.08. The molecule has 1 N–H and O–H groups in total. The number of aromatic nitrogens is 2. The molecule has 150 valence electrons. The third-order valence-corrected chi connectivity index (χ3v) is 5.00. The van der Waals surface area contributed by atoms with Crippen LogP contribution < -0.4 is 10.2 Å². The normalized spacial score (nSPS) is 10.7. The maximum absolute atomic E-state index is 12.3. The van der Waals surface area contributed by atoms with E-state index in [0.717, 1.165) is 39.2 Å². The monoisotopic (exact) mass is 396 g/mol. The molecular formula is C25H24N4O. The van der Waals surface area contributed by atoms with Gasteiger partial charge >= 0.3 is 0 Å². The van der Waals surface area contributed by atoms with Crippen LogP contribution in [0.2, 0.25) is 0 Å². The number of ketones is 1. The standard InChI is InChI=1S/C25H24N4O/c1-29(2)21-12-13-23-24(16-21)26-17-27-25(23)28-20-10-8-19(9-11-20)15-22(30)14-18-6-4-3-5-7-18/h3-13,16-17H,14-15H2,1-2H3,(H,26,27,28). The fraction of sp³-hybridized carbons (Fsp3) is 0.160. The molecule has 0 saturated carbocycles. The van der Waals surface area contributed by atoms with Crippen molar-refractivity contribution in [1.82, 2.24) is 9.97 Å². The summed E-state index contributed by atoms with van der Waals surface area (Å²) in [6.07, 6.45) is 2.46. The first-order valence-electron chi connectivity index (χ1n) is 9.92. The second kappa shape index (κ2) is 8.74. The number of Topliss-reactive ketones (excluding diaryl/α,β-unsaturated/α-hetero) is 1. The van der Waals surface area contributed by atoms with Crippen LogP contribution in [0.3, 0.4) is 0 Å². The van der Waals surface area contributed by atoms with Crippen molar-refractivity contribution >= 4 is 33.9 Å². The summed E-state index contributed by atoms with van der Waals surface area (Å²) in [4.78, 5) is 23.2. The first kappa shape index (κ1) is 19.6. The van der Waals surface area contributed by atoms with E-state index in [0.29, 0.717) is 12.8 Å². The van der Waals surface area contributed by atoms with E-state index in [9.17, 15) is 4.79 Å². The van der Waals surface area contributed by atoms with Crippen molar-refractivity contribution < 1.29 is 4.79 Å². The topological polar surface area (TPSA) is 58.1 Å². The van der Waals surface area contributed by atoms with Crippen LogP contribution in [0, 0.1) is 0 Å². The first-order chi connectivity index (χ1) is 14.6. The van der Waals surface area contributed by atoms with Gasteiger partial charge in [0.1, 0.15) is 17.9 Å². The number of fused-ring (bicyclic) bond motifs is 1. The van der Waals surface area contributed by atoms with Crippen LogP contribution in [0.1, 0.15) is 11.1 Å². The van der Waals surface area contributed by atoms with Crippen molar-refractivity contribution in [2.24, 2.45) is 0 Å². The highest BCUT2D eigenvalue weighted by Crippen LogP contribution is 2.26. The molecule has 0 saturated heterocycles. The zero-order valence-corrected chi connectivity index (χ0v) is 17.2. The summed E-state index contributed by atoms with van der Waals surface area (Å²) < 4.78 is 0. The fourth-order valence-corrected chi connectivity index (χ4v) is 3.38. The molecule has 0 aliphatic carbocycles. The lowest BCUT2D eigenvalue weighted by atomic mass is 10.0. The van der Waals surface area contributed by atoms with Crippen LogP contribution >= 0.6 is 0 Å². The summed E-state index contributed by atoms with van der Waals surface area (Å²) >= 11 is 0. The molecule has 0 atom stereocenters. The Hall–Kier alpha value is -3.73. The number of nitrogens with one attached hydrogen (secondary N) is 1. The predicted molar refractivity (Wildman–Crippen MR) is 122 cm³/mol. The summed E-state index contributed by atoms with van der Waals surface area (Å²) in [7, 11) is 4.02. The molecule has 0 aliphatic rings. The third kappa shape index (κ3) is 4.63. The molecule has 5 heteroatoms. The van der Waals surface area contributed by atoms with Gasteiger partial charge in [-0.05, 0) is 41.5 Å². The van der Waals surface area contributed by atoms with E-state index in [-0.39, 0.29) is 5.78 Å². The smallest absolute Gasteiger partial charge is 0.141 e. The van der Waals surface area contributed by atoms with Crippen LogP contribution in [-0.2, 0) is 17.6 Å². The maximum atomic E-state index is 12.3. The summed E-state index contributed by atoms with van der Waals surface area (Å²) in [6.45, 7) is 0. The molecule has 5 nitrogen and oxygen atoms in total. The van der Waals surface area contributed by atoms with E-state index in [1.807, 2.05) is 85.7 Å². The van der Waals surface area contributed by atoms with Crippen LogP contribution in [0.15, 0.2) is 79.1 Å². The van der Waals surface area contributed by atoms with E-state index >= 15 is 0 Å². The molecule has 4 rings (SSSR count). The van der Waals surface area contributed by atoms with Crippen LogP contribution in [0.5, 0.6) is 0 Å². The van der Waals surface area contributed by atoms with Gasteiger partial charge in [0.2, 0.25) is 0 Å². The molecular weight excluding hydrogens is 372 g/mol. The van der Waals surface area contributed by atoms with E-state index in [1.54, 1.807) is 6.33 Å². The molecule has 4 aromatic rings. The SMILES string of the molecule is CN(C)c1ccc2c(Nc3ccc(CC(=O)Cc4ccccc4)cc3)ncnc2c1. The van der Waals surface area contributed by atoms with E-state index in [2.05, 4.69) is 21.4 Å². The van der Waals surface area contributed by atoms with Gasteiger partial charge in [-0.3, -0.25) is 4.79 Å². The van der Waals surface area contributed by atoms with Gasteiger partial charge in [-0.1, -0.05) is 42.5 Å². The largest absolute Gasteiger partial charge is 0.378 e. The minimum atomic E-state index is 0.209. The van der Waals surface area contributed by atoms with Gasteiger partial charge in [0.25, 0.3) is 0 Å². The Balaban J connectivity index is 1.45. The Bertz CT molecular complexity index is 1150. The highest BCUT2D eigenvalue weighted by molar-refractivity contribution is 5.92. The second-order valence-electron chi connectivity index (χ2n) is 7.52. The Morgan fingerprint density at radius 3 is 2.27 bits per heavy atom. The molecule has 3 aromatic carbocycles. The van der Waals surface area contributed by atoms with Crippen molar-refractivity contribution in [2.75, 3.05) is 24.3 Å². The van der Waals surface area contributed by atoms with E-state index in [4.69, 9.17) is 0 Å². The molecule has 1 aromatic heterocycles. The molecule has 0 radical (unpaired) electrons. The van der Waals surface area contributed by atoms with Gasteiger partial charge in [-0.25, -0.2) is 9.97 Å². The number of anilines is 3. The Morgan fingerprint density at radius 2 is 1.57 bits per heavy atom. The first-order valence-corrected chi connectivity index (χ1v) is 9.92. The molecule has 0 amide bonds. The lowest BCUT2D eigenvalue weighted by Gasteiger charge is -2.14. The quantitative estimate of drug-likeness (QED) is 0.487. The zero-order chi connectivity index (χ0) is 20.9. The number of carbonyl (C=O) groups is 1. The average molecular weight is 396 g/mol. The van der Waals surface area contributed by atoms with Gasteiger partial charge < -0.3 is 10.2 Å². The Kier molecular flexibility index (Phi) is 5.70. The lowest BCUT2D eigenvalue weighted by Crippen LogP contribution is -2.08. The number of carbonyl (C=O) groups excluding carboxylic acids is 1. The minimum absolute atomic E-state index is 0.209. The Labute approximate surface area is 176 Å². The summed E-state index contributed by atoms with van der Waals surface area (Å²) in [5.41, 5.74) is 4.96. The summed E-state index contributed by atoms with van der Waals surface area (Å²) in [5, 5.41) is 4.33. The maximum Gasteiger partial charge on any atom is 0.141 e. The molecule has 0 spiro atoms. The predicted octanol–water partition coefficient (Wildman–Crippen LogP) is 4.79. The number of benzene rings is 3. The van der Waals surface area contributed by atoms with Gasteiger partial charge in [-0.15, -0.1) is 0 Å². The molecule has 1 heterocycles. The van der Waals surface area contributed by atoms with Crippen molar-refractivity contribution in [3.63, 3.8) is 0 Å². The van der Waals surface area contributed by atoms with E-state index in [1.165, 1.54) is 0 Å². The number of rotatable bonds is 7. The van der Waals surface area contributed by atoms with Gasteiger partial charge in [0, 0.05) is 43.7 Å². The van der Waals surface area contributed by atoms with Crippen LogP contribution in [0.25, 0.3) is 10.9 Å². The molecule has 0 bridgehead atoms. The number of hydrogen-bond donors (Lipinski definition) is 1. The third-order valence-electron chi connectivity index (χ3n) is 5.00. The molecule has 0 unspecified atom stereocenters. The van der Waals surface area contributed by atoms with Crippen LogP contribution in [0.4, 0.5) is 17.2 Å². The van der Waals surface area contributed by atoms with Crippen molar-refractivity contribution in [3.05, 3.63) is 90.3 Å². The van der Waals surface area contributed by atoms with Crippen LogP contribution in [-0.4, -0.2) is 29.8 Å². The van der Waals surface area contributed by atoms with Crippen molar-refractivity contribution in [1.29, 1.82) is 0 Å². The number of nitrogens with zero attached hydrogens (tertiary/aromatic N) is 3. The van der Waals surface area contributed by atoms with E-state index < -0.39 is 0 Å². The zero-order valence-electron chi connectivity index (χ0n) is 17.2. The van der Waals surface area contributed by atoms with Crippen molar-refractivity contribution in [3.8, 4) is 0 Å². The van der Waals surface area contributed by atoms with Gasteiger partial charge in [0.05, 0.1) is 5.52 Å². The highest BCUT2D eigenvalue weighted by atomic mass is 16.1. The second-order valence-corrected chi connectivity index (χ2v) is 7.52. The molecule has 0 aliphatic heterocycles. The van der Waals surface area contributed by atoms with Gasteiger partial charge in [0.15, 0.2) is 0 Å². The lowest BCUT2D eigenvalue weighted by molar-refractivity contribution is -0.117. The average Bonchev–Trinajstić information content (AvgIpc) is 2.75. The fourth-order valence-electron chi connectivity index (χ4n) is 3.38. The number of hydrogen-bond acceptors (Lipinski definition) is 5. The van der Waals surface area contributed by atoms with Gasteiger partial charge in [-0.2, -0.15) is 0 Å². The molecule has 30 heavy (non-hydrogen) atoms. The summed E-state index contributed by atoms with van der Waals surface area (Å²) in [6, 6.07) is 23.9. The minimum Gasteiger partial charge on any atom is -0.378 e. The Morgan fingerprint density at radius 1 is 0.867 bits per heavy atom.